The summed E-state index contributed by atoms with van der Waals surface area (Å²) in [5.41, 5.74) is 7.01. The van der Waals surface area contributed by atoms with Crippen LogP contribution < -0.4 is 15.1 Å². The first-order valence-corrected chi connectivity index (χ1v) is 11.5. The molecule has 2 aromatic carbocycles. The minimum Gasteiger partial charge on any atom is -0.365 e. The van der Waals surface area contributed by atoms with Crippen LogP contribution in [-0.2, 0) is 16.0 Å². The van der Waals surface area contributed by atoms with E-state index in [4.69, 9.17) is 12.2 Å². The standard InChI is InChI=1S/C27H29N3O2S/c1-7-18-8-10-20(11-9-18)30-25(32)22(24(31)28-26(30)33)14-19-13-21-17(3)15-27(4,5)29(6)23(21)12-16(19)2/h8-15H,7H2,1-6H3,(H,28,31,33)/b22-14-. The van der Waals surface area contributed by atoms with Gasteiger partial charge < -0.3 is 4.90 Å². The highest BCUT2D eigenvalue weighted by Gasteiger charge is 2.35. The average Bonchev–Trinajstić information content (AvgIpc) is 2.75. The number of hydrogen-bond acceptors (Lipinski definition) is 4. The fraction of sp³-hybridized carbons (Fsp3) is 0.296. The number of allylic oxidation sites excluding steroid dienone is 1. The Morgan fingerprint density at radius 3 is 2.39 bits per heavy atom. The van der Waals surface area contributed by atoms with Gasteiger partial charge >= 0.3 is 0 Å². The maximum atomic E-state index is 13.4. The smallest absolute Gasteiger partial charge is 0.270 e. The highest BCUT2D eigenvalue weighted by atomic mass is 32.1. The lowest BCUT2D eigenvalue weighted by Gasteiger charge is -2.41. The Hall–Kier alpha value is -3.25. The molecule has 6 heteroatoms. The first kappa shape index (κ1) is 22.9. The van der Waals surface area contributed by atoms with E-state index >= 15 is 0 Å². The summed E-state index contributed by atoms with van der Waals surface area (Å²) in [6, 6.07) is 11.8. The summed E-state index contributed by atoms with van der Waals surface area (Å²) in [5.74, 6) is -0.898. The number of carbonyl (C=O) groups is 2. The second-order valence-electron chi connectivity index (χ2n) is 9.24. The topological polar surface area (TPSA) is 52.7 Å². The molecule has 0 aliphatic carbocycles. The van der Waals surface area contributed by atoms with Gasteiger partial charge in [0.05, 0.1) is 11.2 Å². The van der Waals surface area contributed by atoms with Crippen molar-refractivity contribution in [1.29, 1.82) is 0 Å². The molecule has 0 radical (unpaired) electrons. The average molecular weight is 460 g/mol. The Bertz CT molecular complexity index is 1240. The molecule has 2 amide bonds. The highest BCUT2D eigenvalue weighted by Crippen LogP contribution is 2.39. The third-order valence-electron chi connectivity index (χ3n) is 6.61. The number of aryl methyl sites for hydroxylation is 2. The number of amides is 2. The number of fused-ring (bicyclic) bond motifs is 1. The maximum absolute atomic E-state index is 13.4. The fourth-order valence-electron chi connectivity index (χ4n) is 4.40. The first-order chi connectivity index (χ1) is 15.5. The molecule has 0 unspecified atom stereocenters. The molecule has 0 saturated carbocycles. The maximum Gasteiger partial charge on any atom is 0.270 e. The number of rotatable bonds is 3. The van der Waals surface area contributed by atoms with Crippen LogP contribution in [0, 0.1) is 6.92 Å². The van der Waals surface area contributed by atoms with Gasteiger partial charge in [-0.05, 0) is 98.9 Å². The second kappa shape index (κ2) is 8.27. The largest absolute Gasteiger partial charge is 0.365 e. The van der Waals surface area contributed by atoms with Gasteiger partial charge in [0.2, 0.25) is 0 Å². The van der Waals surface area contributed by atoms with Crippen LogP contribution in [0.15, 0.2) is 48.0 Å². The molecule has 1 N–H and O–H groups in total. The molecule has 1 fully saturated rings. The van der Waals surface area contributed by atoms with Crippen molar-refractivity contribution >= 4 is 52.2 Å². The number of likely N-dealkylation sites (N-methyl/N-ethyl adjacent to an activating group) is 1. The van der Waals surface area contributed by atoms with Gasteiger partial charge in [-0.3, -0.25) is 19.8 Å². The van der Waals surface area contributed by atoms with E-state index in [0.717, 1.165) is 34.4 Å². The van der Waals surface area contributed by atoms with Crippen LogP contribution in [0.1, 0.15) is 49.9 Å². The summed E-state index contributed by atoms with van der Waals surface area (Å²) < 4.78 is 0. The van der Waals surface area contributed by atoms with E-state index in [0.29, 0.717) is 5.69 Å². The molecule has 5 nitrogen and oxygen atoms in total. The molecule has 0 aromatic heterocycles. The predicted octanol–water partition coefficient (Wildman–Crippen LogP) is 5.02. The third-order valence-corrected chi connectivity index (χ3v) is 6.89. The van der Waals surface area contributed by atoms with Gasteiger partial charge in [-0.25, -0.2) is 0 Å². The summed E-state index contributed by atoms with van der Waals surface area (Å²) in [7, 11) is 2.08. The van der Waals surface area contributed by atoms with Gasteiger partial charge in [-0.1, -0.05) is 25.1 Å². The Labute approximate surface area is 200 Å². The molecular formula is C27H29N3O2S. The molecule has 4 rings (SSSR count). The molecule has 2 aromatic rings. The molecule has 0 spiro atoms. The van der Waals surface area contributed by atoms with Crippen molar-refractivity contribution in [2.75, 3.05) is 16.8 Å². The molecular weight excluding hydrogens is 430 g/mol. The number of thiocarbonyl (C=S) groups is 1. The molecule has 0 bridgehead atoms. The summed E-state index contributed by atoms with van der Waals surface area (Å²) in [4.78, 5) is 29.8. The van der Waals surface area contributed by atoms with Crippen molar-refractivity contribution in [2.24, 2.45) is 0 Å². The van der Waals surface area contributed by atoms with Crippen LogP contribution in [0.25, 0.3) is 11.6 Å². The lowest BCUT2D eigenvalue weighted by atomic mass is 9.87. The third kappa shape index (κ3) is 4.00. The number of benzene rings is 2. The number of nitrogens with zero attached hydrogens (tertiary/aromatic N) is 2. The van der Waals surface area contributed by atoms with Crippen molar-refractivity contribution in [1.82, 2.24) is 5.32 Å². The monoisotopic (exact) mass is 459 g/mol. The van der Waals surface area contributed by atoms with Crippen molar-refractivity contribution in [3.05, 3.63) is 70.3 Å². The molecule has 170 valence electrons. The van der Waals surface area contributed by atoms with Crippen LogP contribution in [0.5, 0.6) is 0 Å². The van der Waals surface area contributed by atoms with Crippen LogP contribution in [0.2, 0.25) is 0 Å². The second-order valence-corrected chi connectivity index (χ2v) is 9.63. The van der Waals surface area contributed by atoms with Gasteiger partial charge in [0, 0.05) is 18.3 Å². The normalized spacial score (nSPS) is 18.9. The van der Waals surface area contributed by atoms with Gasteiger partial charge in [0.25, 0.3) is 11.8 Å². The predicted molar refractivity (Wildman–Crippen MR) is 139 cm³/mol. The Morgan fingerprint density at radius 1 is 1.09 bits per heavy atom. The Kier molecular flexibility index (Phi) is 5.74. The van der Waals surface area contributed by atoms with Crippen molar-refractivity contribution in [3.63, 3.8) is 0 Å². The summed E-state index contributed by atoms with van der Waals surface area (Å²) in [5, 5.41) is 2.77. The van der Waals surface area contributed by atoms with Gasteiger partial charge in [-0.2, -0.15) is 0 Å². The van der Waals surface area contributed by atoms with Crippen molar-refractivity contribution in [2.45, 2.75) is 46.6 Å². The van der Waals surface area contributed by atoms with Crippen LogP contribution in [-0.4, -0.2) is 29.5 Å². The zero-order valence-electron chi connectivity index (χ0n) is 19.9. The van der Waals surface area contributed by atoms with Crippen LogP contribution >= 0.6 is 12.2 Å². The quantitative estimate of drug-likeness (QED) is 0.398. The zero-order valence-corrected chi connectivity index (χ0v) is 20.8. The van der Waals surface area contributed by atoms with Crippen molar-refractivity contribution < 1.29 is 9.59 Å². The zero-order chi connectivity index (χ0) is 24.1. The number of hydrogen-bond donors (Lipinski definition) is 1. The van der Waals surface area contributed by atoms with Crippen LogP contribution in [0.3, 0.4) is 0 Å². The van der Waals surface area contributed by atoms with E-state index in [2.05, 4.69) is 63.2 Å². The van der Waals surface area contributed by atoms with Crippen LogP contribution in [0.4, 0.5) is 11.4 Å². The first-order valence-electron chi connectivity index (χ1n) is 11.1. The van der Waals surface area contributed by atoms with Gasteiger partial charge in [0.1, 0.15) is 5.57 Å². The molecule has 2 aliphatic heterocycles. The Morgan fingerprint density at radius 2 is 1.76 bits per heavy atom. The minimum absolute atomic E-state index is 0.0670. The number of anilines is 2. The lowest BCUT2D eigenvalue weighted by molar-refractivity contribution is -0.122. The molecule has 33 heavy (non-hydrogen) atoms. The van der Waals surface area contributed by atoms with E-state index in [1.807, 2.05) is 31.2 Å². The van der Waals surface area contributed by atoms with E-state index in [-0.39, 0.29) is 16.2 Å². The SMILES string of the molecule is CCc1ccc(N2C(=O)/C(=C\c3cc4c(cc3C)N(C)C(C)(C)C=C4C)C(=O)NC2=S)cc1. The number of nitrogens with one attached hydrogen (secondary N) is 1. The molecule has 2 aliphatic rings. The van der Waals surface area contributed by atoms with Gasteiger partial charge in [-0.15, -0.1) is 0 Å². The molecule has 1 saturated heterocycles. The lowest BCUT2D eigenvalue weighted by Crippen LogP contribution is -2.54. The van der Waals surface area contributed by atoms with E-state index < -0.39 is 11.8 Å². The molecule has 2 heterocycles. The molecule has 0 atom stereocenters. The van der Waals surface area contributed by atoms with E-state index in [1.165, 1.54) is 10.5 Å². The fourth-order valence-corrected chi connectivity index (χ4v) is 4.68. The Balaban J connectivity index is 1.76. The highest BCUT2D eigenvalue weighted by molar-refractivity contribution is 7.80. The van der Waals surface area contributed by atoms with Gasteiger partial charge in [0.15, 0.2) is 5.11 Å². The minimum atomic E-state index is -0.478. The number of carbonyl (C=O) groups excluding carboxylic acids is 2. The van der Waals surface area contributed by atoms with E-state index in [9.17, 15) is 9.59 Å². The van der Waals surface area contributed by atoms with E-state index in [1.54, 1.807) is 6.08 Å². The van der Waals surface area contributed by atoms with Crippen molar-refractivity contribution in [3.8, 4) is 0 Å². The summed E-state index contributed by atoms with van der Waals surface area (Å²) in [6.45, 7) is 10.5. The summed E-state index contributed by atoms with van der Waals surface area (Å²) in [6.07, 6.45) is 4.81. The summed E-state index contributed by atoms with van der Waals surface area (Å²) >= 11 is 5.33.